The Morgan fingerprint density at radius 3 is 2.48 bits per heavy atom. The maximum absolute atomic E-state index is 13.4. The van der Waals surface area contributed by atoms with Crippen LogP contribution in [0.4, 0.5) is 4.39 Å². The van der Waals surface area contributed by atoms with E-state index >= 15 is 0 Å². The lowest BCUT2D eigenvalue weighted by Gasteiger charge is -2.14. The van der Waals surface area contributed by atoms with Gasteiger partial charge in [0.25, 0.3) is 5.91 Å². The summed E-state index contributed by atoms with van der Waals surface area (Å²) < 4.78 is 19.2. The first-order valence-corrected chi connectivity index (χ1v) is 7.73. The lowest BCUT2D eigenvalue weighted by atomic mass is 10.1. The van der Waals surface area contributed by atoms with Gasteiger partial charge in [-0.3, -0.25) is 4.79 Å². The summed E-state index contributed by atoms with van der Waals surface area (Å²) in [7, 11) is 0. The van der Waals surface area contributed by atoms with Gasteiger partial charge in [0.1, 0.15) is 5.82 Å². The molecule has 120 valence electrons. The Bertz CT molecular complexity index is 703. The van der Waals surface area contributed by atoms with Crippen molar-refractivity contribution in [1.29, 1.82) is 0 Å². The Balaban J connectivity index is 1.86. The first kappa shape index (κ1) is 17.1. The Morgan fingerprint density at radius 2 is 1.83 bits per heavy atom. The zero-order chi connectivity index (χ0) is 16.8. The number of esters is 1. The summed E-state index contributed by atoms with van der Waals surface area (Å²) in [4.78, 5) is 23.5. The molecule has 4 nitrogen and oxygen atoms in total. The summed E-state index contributed by atoms with van der Waals surface area (Å²) in [6.07, 6.45) is 0. The fraction of sp³-hybridized carbons (Fsp3) is 0.176. The molecule has 2 aromatic rings. The summed E-state index contributed by atoms with van der Waals surface area (Å²) in [5.41, 5.74) is 0.725. The highest BCUT2D eigenvalue weighted by molar-refractivity contribution is 9.10. The number of hydrogen-bond acceptors (Lipinski definition) is 3. The van der Waals surface area contributed by atoms with Crippen molar-refractivity contribution in [1.82, 2.24) is 5.32 Å². The van der Waals surface area contributed by atoms with Crippen LogP contribution in [0.2, 0.25) is 0 Å². The zero-order valence-electron chi connectivity index (χ0n) is 12.4. The molecular formula is C17H15BrFNO3. The molecule has 1 amide bonds. The number of benzene rings is 2. The molecule has 0 heterocycles. The summed E-state index contributed by atoms with van der Waals surface area (Å²) in [5.74, 6) is -2.00. The Hall–Kier alpha value is -2.21. The van der Waals surface area contributed by atoms with Gasteiger partial charge in [-0.2, -0.15) is 0 Å². The molecule has 0 radical (unpaired) electrons. The second kappa shape index (κ2) is 7.87. The van der Waals surface area contributed by atoms with Crippen LogP contribution in [0.15, 0.2) is 53.0 Å². The van der Waals surface area contributed by atoms with Crippen molar-refractivity contribution >= 4 is 27.8 Å². The SMILES string of the molecule is C[C@@H](NC(=O)COC(=O)c1ccccc1F)c1ccc(Br)cc1. The van der Waals surface area contributed by atoms with E-state index < -0.39 is 24.3 Å². The number of carbonyl (C=O) groups is 2. The van der Waals surface area contributed by atoms with E-state index in [0.29, 0.717) is 0 Å². The largest absolute Gasteiger partial charge is 0.452 e. The Kier molecular flexibility index (Phi) is 5.87. The first-order valence-electron chi connectivity index (χ1n) is 6.94. The molecule has 0 fully saturated rings. The maximum atomic E-state index is 13.4. The second-order valence-corrected chi connectivity index (χ2v) is 5.81. The van der Waals surface area contributed by atoms with E-state index in [-0.39, 0.29) is 11.6 Å². The topological polar surface area (TPSA) is 55.4 Å². The summed E-state index contributed by atoms with van der Waals surface area (Å²) in [6.45, 7) is 1.36. The van der Waals surface area contributed by atoms with E-state index in [9.17, 15) is 14.0 Å². The van der Waals surface area contributed by atoms with E-state index in [0.717, 1.165) is 16.1 Å². The predicted molar refractivity (Wildman–Crippen MR) is 87.4 cm³/mol. The molecule has 0 bridgehead atoms. The minimum absolute atomic E-state index is 0.193. The van der Waals surface area contributed by atoms with Crippen LogP contribution in [0, 0.1) is 5.82 Å². The smallest absolute Gasteiger partial charge is 0.341 e. The van der Waals surface area contributed by atoms with Crippen molar-refractivity contribution in [2.24, 2.45) is 0 Å². The number of halogens is 2. The number of ether oxygens (including phenoxy) is 1. The van der Waals surface area contributed by atoms with E-state index in [1.54, 1.807) is 0 Å². The highest BCUT2D eigenvalue weighted by Crippen LogP contribution is 2.16. The van der Waals surface area contributed by atoms with Crippen molar-refractivity contribution in [3.05, 3.63) is 69.9 Å². The van der Waals surface area contributed by atoms with Crippen molar-refractivity contribution < 1.29 is 18.7 Å². The van der Waals surface area contributed by atoms with E-state index in [2.05, 4.69) is 21.2 Å². The number of rotatable bonds is 5. The summed E-state index contributed by atoms with van der Waals surface area (Å²) >= 11 is 3.34. The molecule has 0 spiro atoms. The van der Waals surface area contributed by atoms with Gasteiger partial charge in [0, 0.05) is 4.47 Å². The predicted octanol–water partition coefficient (Wildman–Crippen LogP) is 3.62. The molecule has 2 rings (SSSR count). The molecule has 0 aliphatic carbocycles. The van der Waals surface area contributed by atoms with E-state index in [1.165, 1.54) is 18.2 Å². The number of carbonyl (C=O) groups excluding carboxylic acids is 2. The maximum Gasteiger partial charge on any atom is 0.341 e. The third kappa shape index (κ3) is 4.89. The van der Waals surface area contributed by atoms with E-state index in [1.807, 2.05) is 31.2 Å². The van der Waals surface area contributed by atoms with Crippen molar-refractivity contribution in [2.75, 3.05) is 6.61 Å². The van der Waals surface area contributed by atoms with E-state index in [4.69, 9.17) is 4.74 Å². The molecule has 23 heavy (non-hydrogen) atoms. The van der Waals surface area contributed by atoms with Crippen molar-refractivity contribution in [3.63, 3.8) is 0 Å². The van der Waals surface area contributed by atoms with Crippen molar-refractivity contribution in [2.45, 2.75) is 13.0 Å². The lowest BCUT2D eigenvalue weighted by molar-refractivity contribution is -0.124. The van der Waals surface area contributed by atoms with Gasteiger partial charge in [0.05, 0.1) is 11.6 Å². The number of amides is 1. The van der Waals surface area contributed by atoms with Crippen LogP contribution >= 0.6 is 15.9 Å². The molecule has 1 atom stereocenters. The van der Waals surface area contributed by atoms with Crippen LogP contribution < -0.4 is 5.32 Å². The summed E-state index contributed by atoms with van der Waals surface area (Å²) in [6, 6.07) is 12.7. The standard InChI is InChI=1S/C17H15BrFNO3/c1-11(12-6-8-13(18)9-7-12)20-16(21)10-23-17(22)14-4-2-3-5-15(14)19/h2-9,11H,10H2,1H3,(H,20,21)/t11-/m1/s1. The molecule has 0 saturated carbocycles. The van der Waals surface area contributed by atoms with Gasteiger partial charge >= 0.3 is 5.97 Å². The first-order chi connectivity index (χ1) is 11.0. The zero-order valence-corrected chi connectivity index (χ0v) is 14.0. The normalized spacial score (nSPS) is 11.6. The molecule has 0 aliphatic rings. The van der Waals surface area contributed by atoms with Crippen LogP contribution in [-0.2, 0) is 9.53 Å². The molecule has 0 saturated heterocycles. The molecule has 1 N–H and O–H groups in total. The third-order valence-electron chi connectivity index (χ3n) is 3.18. The molecule has 0 aromatic heterocycles. The Labute approximate surface area is 141 Å². The van der Waals surface area contributed by atoms with Crippen LogP contribution in [0.3, 0.4) is 0 Å². The molecule has 0 unspecified atom stereocenters. The fourth-order valence-electron chi connectivity index (χ4n) is 1.95. The highest BCUT2D eigenvalue weighted by atomic mass is 79.9. The number of hydrogen-bond donors (Lipinski definition) is 1. The molecule has 2 aromatic carbocycles. The molecule has 6 heteroatoms. The van der Waals surface area contributed by atoms with Gasteiger partial charge in [0.2, 0.25) is 0 Å². The van der Waals surface area contributed by atoms with Gasteiger partial charge in [-0.05, 0) is 36.8 Å². The van der Waals surface area contributed by atoms with Gasteiger partial charge in [-0.15, -0.1) is 0 Å². The Morgan fingerprint density at radius 1 is 1.17 bits per heavy atom. The average molecular weight is 380 g/mol. The average Bonchev–Trinajstić information content (AvgIpc) is 2.53. The number of nitrogens with one attached hydrogen (secondary N) is 1. The van der Waals surface area contributed by atoms with Gasteiger partial charge in [-0.25, -0.2) is 9.18 Å². The molecule has 0 aliphatic heterocycles. The quantitative estimate of drug-likeness (QED) is 0.807. The third-order valence-corrected chi connectivity index (χ3v) is 3.70. The van der Waals surface area contributed by atoms with Gasteiger partial charge in [-0.1, -0.05) is 40.2 Å². The van der Waals surface area contributed by atoms with Gasteiger partial charge in [0.15, 0.2) is 6.61 Å². The van der Waals surface area contributed by atoms with Gasteiger partial charge < -0.3 is 10.1 Å². The summed E-state index contributed by atoms with van der Waals surface area (Å²) in [5, 5.41) is 2.71. The van der Waals surface area contributed by atoms with Crippen molar-refractivity contribution in [3.8, 4) is 0 Å². The van der Waals surface area contributed by atoms with Crippen LogP contribution in [0.5, 0.6) is 0 Å². The minimum atomic E-state index is -0.866. The highest BCUT2D eigenvalue weighted by Gasteiger charge is 2.15. The van der Waals surface area contributed by atoms with Crippen LogP contribution in [0.1, 0.15) is 28.9 Å². The van der Waals surface area contributed by atoms with Crippen LogP contribution in [-0.4, -0.2) is 18.5 Å². The molecular weight excluding hydrogens is 365 g/mol. The van der Waals surface area contributed by atoms with Crippen LogP contribution in [0.25, 0.3) is 0 Å². The lowest BCUT2D eigenvalue weighted by Crippen LogP contribution is -2.31. The fourth-order valence-corrected chi connectivity index (χ4v) is 2.22. The monoisotopic (exact) mass is 379 g/mol. The second-order valence-electron chi connectivity index (χ2n) is 4.90. The minimum Gasteiger partial charge on any atom is -0.452 e.